The highest BCUT2D eigenvalue weighted by atomic mass is 35.5. The third-order valence-corrected chi connectivity index (χ3v) is 5.56. The molecule has 122 valence electrons. The summed E-state index contributed by atoms with van der Waals surface area (Å²) in [4.78, 5) is 23.9. The number of aromatic carboxylic acids is 1. The smallest absolute Gasteiger partial charge is 0.339 e. The molecule has 0 unspecified atom stereocenters. The molecule has 0 spiro atoms. The van der Waals surface area contributed by atoms with Gasteiger partial charge in [-0.25, -0.2) is 4.79 Å². The Hall–Kier alpha value is -1.86. The summed E-state index contributed by atoms with van der Waals surface area (Å²) < 4.78 is 0. The van der Waals surface area contributed by atoms with Crippen LogP contribution in [-0.2, 0) is 0 Å². The number of carboxylic acids is 1. The van der Waals surface area contributed by atoms with E-state index in [-0.39, 0.29) is 16.5 Å². The first-order valence-electron chi connectivity index (χ1n) is 6.61. The number of carboxylic acid groups (broad SMARTS) is 1. The molecule has 1 amide bonds. The lowest BCUT2D eigenvalue weighted by Crippen LogP contribution is -2.12. The Morgan fingerprint density at radius 3 is 2.50 bits per heavy atom. The first-order chi connectivity index (χ1) is 11.5. The second kappa shape index (κ2) is 6.94. The van der Waals surface area contributed by atoms with E-state index in [0.717, 1.165) is 11.3 Å². The second-order valence-corrected chi connectivity index (χ2v) is 7.23. The van der Waals surface area contributed by atoms with Gasteiger partial charge >= 0.3 is 5.97 Å². The topological polar surface area (TPSA) is 66.4 Å². The average Bonchev–Trinajstić information content (AvgIpc) is 3.19. The molecule has 24 heavy (non-hydrogen) atoms. The van der Waals surface area contributed by atoms with Gasteiger partial charge < -0.3 is 10.4 Å². The number of hydrogen-bond acceptors (Lipinski definition) is 4. The molecular weight excluding hydrogens is 389 g/mol. The quantitative estimate of drug-likeness (QED) is 0.590. The lowest BCUT2D eigenvalue weighted by Gasteiger charge is -2.06. The second-order valence-electron chi connectivity index (χ2n) is 4.75. The van der Waals surface area contributed by atoms with E-state index in [4.69, 9.17) is 23.2 Å². The number of rotatable bonds is 4. The van der Waals surface area contributed by atoms with Gasteiger partial charge in [-0.15, -0.1) is 11.3 Å². The minimum Gasteiger partial charge on any atom is -0.478 e. The van der Waals surface area contributed by atoms with E-state index in [9.17, 15) is 14.7 Å². The van der Waals surface area contributed by atoms with Crippen LogP contribution < -0.4 is 5.32 Å². The van der Waals surface area contributed by atoms with Crippen molar-refractivity contribution in [2.75, 3.05) is 5.32 Å². The largest absolute Gasteiger partial charge is 0.478 e. The minimum absolute atomic E-state index is 0.0296. The van der Waals surface area contributed by atoms with Crippen LogP contribution in [0.3, 0.4) is 0 Å². The summed E-state index contributed by atoms with van der Waals surface area (Å²) in [7, 11) is 0. The number of carbonyl (C=O) groups excluding carboxylic acids is 1. The molecular formula is C16H9Cl2NO3S2. The van der Waals surface area contributed by atoms with E-state index < -0.39 is 5.97 Å². The lowest BCUT2D eigenvalue weighted by atomic mass is 10.0. The summed E-state index contributed by atoms with van der Waals surface area (Å²) >= 11 is 14.5. The van der Waals surface area contributed by atoms with Gasteiger partial charge in [-0.2, -0.15) is 11.3 Å². The summed E-state index contributed by atoms with van der Waals surface area (Å²) in [6, 6.07) is 6.57. The van der Waals surface area contributed by atoms with Crippen molar-refractivity contribution < 1.29 is 14.7 Å². The maximum atomic E-state index is 12.2. The predicted octanol–water partition coefficient (Wildman–Crippen LogP) is 5.73. The predicted molar refractivity (Wildman–Crippen MR) is 99.0 cm³/mol. The van der Waals surface area contributed by atoms with Crippen LogP contribution in [0, 0.1) is 0 Å². The third-order valence-electron chi connectivity index (χ3n) is 3.25. The molecule has 0 bridgehead atoms. The van der Waals surface area contributed by atoms with Crippen molar-refractivity contribution in [3.63, 3.8) is 0 Å². The van der Waals surface area contributed by atoms with E-state index in [1.165, 1.54) is 11.3 Å². The van der Waals surface area contributed by atoms with Gasteiger partial charge in [-0.05, 0) is 29.1 Å². The Kier molecular flexibility index (Phi) is 4.91. The molecule has 3 aromatic rings. The third kappa shape index (κ3) is 3.32. The molecule has 0 saturated heterocycles. The van der Waals surface area contributed by atoms with Crippen LogP contribution in [0.15, 0.2) is 40.4 Å². The minimum atomic E-state index is -1.13. The number of thiophene rings is 2. The standard InChI is InChI=1S/C16H9Cl2NO3S2/c17-11-2-1-8(5-12(11)18)10-7-24-15(13(10)16(21)22)19-14(20)9-3-4-23-6-9/h1-7H,(H,19,20)(H,21,22). The molecule has 0 atom stereocenters. The van der Waals surface area contributed by atoms with Crippen LogP contribution in [0.5, 0.6) is 0 Å². The molecule has 0 aliphatic carbocycles. The molecule has 2 heterocycles. The van der Waals surface area contributed by atoms with E-state index in [2.05, 4.69) is 5.32 Å². The Bertz CT molecular complexity index is 920. The zero-order valence-corrected chi connectivity index (χ0v) is 15.0. The van der Waals surface area contributed by atoms with Gasteiger partial charge in [-0.1, -0.05) is 29.3 Å². The number of hydrogen-bond donors (Lipinski definition) is 2. The number of nitrogens with one attached hydrogen (secondary N) is 1. The number of amides is 1. The van der Waals surface area contributed by atoms with Crippen molar-refractivity contribution in [3.05, 3.63) is 61.6 Å². The van der Waals surface area contributed by atoms with Crippen LogP contribution in [0.25, 0.3) is 11.1 Å². The van der Waals surface area contributed by atoms with Crippen molar-refractivity contribution in [2.45, 2.75) is 0 Å². The molecule has 8 heteroatoms. The van der Waals surface area contributed by atoms with E-state index >= 15 is 0 Å². The van der Waals surface area contributed by atoms with Crippen molar-refractivity contribution in [2.24, 2.45) is 0 Å². The Morgan fingerprint density at radius 2 is 1.88 bits per heavy atom. The SMILES string of the molecule is O=C(Nc1scc(-c2ccc(Cl)c(Cl)c2)c1C(=O)O)c1ccsc1. The molecule has 0 radical (unpaired) electrons. The van der Waals surface area contributed by atoms with Gasteiger partial charge in [0.1, 0.15) is 10.6 Å². The highest BCUT2D eigenvalue weighted by Crippen LogP contribution is 2.38. The van der Waals surface area contributed by atoms with Crippen LogP contribution in [0.1, 0.15) is 20.7 Å². The Morgan fingerprint density at radius 1 is 1.08 bits per heavy atom. The van der Waals surface area contributed by atoms with Crippen molar-refractivity contribution in [1.82, 2.24) is 0 Å². The summed E-state index contributed by atoms with van der Waals surface area (Å²) in [5, 5.41) is 18.4. The Labute approximate surface area is 155 Å². The van der Waals surface area contributed by atoms with Gasteiger partial charge in [0.2, 0.25) is 0 Å². The summed E-state index contributed by atoms with van der Waals surface area (Å²) in [6.45, 7) is 0. The van der Waals surface area contributed by atoms with Crippen LogP contribution in [-0.4, -0.2) is 17.0 Å². The maximum absolute atomic E-state index is 12.2. The van der Waals surface area contributed by atoms with E-state index in [1.807, 2.05) is 0 Å². The maximum Gasteiger partial charge on any atom is 0.339 e. The van der Waals surface area contributed by atoms with Crippen molar-refractivity contribution >= 4 is 62.8 Å². The summed E-state index contributed by atoms with van der Waals surface area (Å²) in [5.41, 5.74) is 1.61. The van der Waals surface area contributed by atoms with Gasteiger partial charge in [0, 0.05) is 16.3 Å². The number of halogens is 2. The molecule has 4 nitrogen and oxygen atoms in total. The molecule has 3 rings (SSSR count). The van der Waals surface area contributed by atoms with Crippen molar-refractivity contribution in [1.29, 1.82) is 0 Å². The first kappa shape index (κ1) is 17.0. The van der Waals surface area contributed by atoms with Gasteiger partial charge in [0.25, 0.3) is 5.91 Å². The molecule has 0 aliphatic heterocycles. The molecule has 0 fully saturated rings. The normalized spacial score (nSPS) is 10.6. The van der Waals surface area contributed by atoms with Gasteiger partial charge in [0.15, 0.2) is 0 Å². The fourth-order valence-corrected chi connectivity index (χ4v) is 4.00. The van der Waals surface area contributed by atoms with Gasteiger partial charge in [0.05, 0.1) is 15.6 Å². The summed E-state index contributed by atoms with van der Waals surface area (Å²) in [5.74, 6) is -1.47. The van der Waals surface area contributed by atoms with E-state index in [0.29, 0.717) is 26.7 Å². The van der Waals surface area contributed by atoms with Crippen LogP contribution in [0.2, 0.25) is 10.0 Å². The molecule has 2 aromatic heterocycles. The van der Waals surface area contributed by atoms with Crippen LogP contribution in [0.4, 0.5) is 5.00 Å². The number of anilines is 1. The molecule has 2 N–H and O–H groups in total. The molecule has 1 aromatic carbocycles. The first-order valence-corrected chi connectivity index (χ1v) is 9.19. The van der Waals surface area contributed by atoms with Crippen molar-refractivity contribution in [3.8, 4) is 11.1 Å². The monoisotopic (exact) mass is 397 g/mol. The number of benzene rings is 1. The fraction of sp³-hybridized carbons (Fsp3) is 0. The average molecular weight is 398 g/mol. The lowest BCUT2D eigenvalue weighted by molar-refractivity contribution is 0.0699. The Balaban J connectivity index is 2.00. The highest BCUT2D eigenvalue weighted by molar-refractivity contribution is 7.15. The highest BCUT2D eigenvalue weighted by Gasteiger charge is 2.22. The van der Waals surface area contributed by atoms with Crippen LogP contribution >= 0.6 is 45.9 Å². The van der Waals surface area contributed by atoms with E-state index in [1.54, 1.807) is 40.4 Å². The summed E-state index contributed by atoms with van der Waals surface area (Å²) in [6.07, 6.45) is 0. The number of carbonyl (C=O) groups is 2. The van der Waals surface area contributed by atoms with Gasteiger partial charge in [-0.3, -0.25) is 4.79 Å². The zero-order valence-electron chi connectivity index (χ0n) is 11.9. The zero-order chi connectivity index (χ0) is 17.3. The molecule has 0 aliphatic rings. The fourth-order valence-electron chi connectivity index (χ4n) is 2.11. The molecule has 0 saturated carbocycles.